The molecule has 1 aliphatic heterocycles. The molecule has 5 nitrogen and oxygen atoms in total. The summed E-state index contributed by atoms with van der Waals surface area (Å²) < 4.78 is 0.965. The van der Waals surface area contributed by atoms with Crippen LogP contribution in [0.15, 0.2) is 62.2 Å². The molecule has 2 aromatic rings. The summed E-state index contributed by atoms with van der Waals surface area (Å²) in [5.41, 5.74) is 7.11. The van der Waals surface area contributed by atoms with Crippen LogP contribution in [0.1, 0.15) is 18.2 Å². The zero-order chi connectivity index (χ0) is 16.9. The maximum atomic E-state index is 5.75. The van der Waals surface area contributed by atoms with Gasteiger partial charge in [-0.3, -0.25) is 15.4 Å². The highest BCUT2D eigenvalue weighted by molar-refractivity contribution is 9.10. The van der Waals surface area contributed by atoms with Gasteiger partial charge >= 0.3 is 0 Å². The molecule has 0 amide bonds. The van der Waals surface area contributed by atoms with Crippen molar-refractivity contribution >= 4 is 50.5 Å². The zero-order valence-electron chi connectivity index (χ0n) is 13.0. The third-order valence-electron chi connectivity index (χ3n) is 3.33. The molecule has 1 aromatic carbocycles. The fourth-order valence-corrected chi connectivity index (χ4v) is 2.61. The Morgan fingerprint density at radius 1 is 1.33 bits per heavy atom. The molecular weight excluding hydrogens is 390 g/mol. The van der Waals surface area contributed by atoms with Crippen LogP contribution in [0, 0.1) is 0 Å². The molecule has 0 saturated heterocycles. The minimum Gasteiger partial charge on any atom is -0.274 e. The number of rotatable bonds is 3. The lowest BCUT2D eigenvalue weighted by atomic mass is 10.0. The van der Waals surface area contributed by atoms with Gasteiger partial charge in [0.25, 0.3) is 0 Å². The number of hydrazone groups is 1. The minimum atomic E-state index is 0.367. The predicted molar refractivity (Wildman–Crippen MR) is 103 cm³/mol. The van der Waals surface area contributed by atoms with Gasteiger partial charge in [-0.15, -0.1) is 11.6 Å². The first kappa shape index (κ1) is 16.8. The standard InChI is InChI=1S/C17H15BrClN5/c1-11(9-19)23-24-16-10-21-17(15-4-2-3-7-20-15)13-8-12(18)5-6-14(13)22-16/h2-8H,9-10H2,1H3,(H,22,24). The molecule has 1 N–H and O–H groups in total. The molecule has 0 atom stereocenters. The summed E-state index contributed by atoms with van der Waals surface area (Å²) in [4.78, 5) is 13.8. The second-order valence-corrected chi connectivity index (χ2v) is 6.38. The number of pyridine rings is 1. The summed E-state index contributed by atoms with van der Waals surface area (Å²) in [6, 6.07) is 11.7. The van der Waals surface area contributed by atoms with E-state index < -0.39 is 0 Å². The van der Waals surface area contributed by atoms with Gasteiger partial charge in [0.15, 0.2) is 0 Å². The van der Waals surface area contributed by atoms with E-state index in [2.05, 4.69) is 36.4 Å². The van der Waals surface area contributed by atoms with E-state index in [0.29, 0.717) is 18.3 Å². The average molecular weight is 405 g/mol. The highest BCUT2D eigenvalue weighted by atomic mass is 79.9. The topological polar surface area (TPSA) is 62.0 Å². The Morgan fingerprint density at radius 2 is 2.21 bits per heavy atom. The Bertz CT molecular complexity index is 830. The van der Waals surface area contributed by atoms with Gasteiger partial charge in [-0.25, -0.2) is 4.99 Å². The smallest absolute Gasteiger partial charge is 0.144 e. The van der Waals surface area contributed by atoms with Gasteiger partial charge < -0.3 is 0 Å². The summed E-state index contributed by atoms with van der Waals surface area (Å²) in [6.07, 6.45) is 1.76. The van der Waals surface area contributed by atoms with Gasteiger partial charge in [-0.1, -0.05) is 22.0 Å². The Balaban J connectivity index is 2.04. The van der Waals surface area contributed by atoms with Gasteiger partial charge in [0, 0.05) is 21.9 Å². The van der Waals surface area contributed by atoms with Crippen LogP contribution in [0.4, 0.5) is 5.69 Å². The molecule has 0 aliphatic carbocycles. The average Bonchev–Trinajstić information content (AvgIpc) is 2.79. The van der Waals surface area contributed by atoms with Crippen LogP contribution in [-0.2, 0) is 0 Å². The number of amidine groups is 1. The first-order chi connectivity index (χ1) is 11.7. The molecule has 122 valence electrons. The highest BCUT2D eigenvalue weighted by Crippen LogP contribution is 2.27. The first-order valence-corrected chi connectivity index (χ1v) is 8.68. The van der Waals surface area contributed by atoms with Crippen LogP contribution in [0.25, 0.3) is 0 Å². The molecule has 1 aromatic heterocycles. The number of nitrogens with zero attached hydrogens (tertiary/aromatic N) is 4. The van der Waals surface area contributed by atoms with Crippen molar-refractivity contribution in [2.24, 2.45) is 15.1 Å². The molecule has 2 heterocycles. The van der Waals surface area contributed by atoms with Crippen LogP contribution in [-0.4, -0.2) is 34.7 Å². The molecule has 3 rings (SSSR count). The van der Waals surface area contributed by atoms with E-state index in [1.165, 1.54) is 0 Å². The van der Waals surface area contributed by atoms with Crippen LogP contribution in [0.3, 0.4) is 0 Å². The Labute approximate surface area is 153 Å². The van der Waals surface area contributed by atoms with Crippen LogP contribution in [0.5, 0.6) is 0 Å². The molecule has 7 heteroatoms. The molecular formula is C17H15BrClN5. The van der Waals surface area contributed by atoms with E-state index in [1.54, 1.807) is 6.20 Å². The second-order valence-electron chi connectivity index (χ2n) is 5.19. The molecule has 0 saturated carbocycles. The molecule has 24 heavy (non-hydrogen) atoms. The number of benzene rings is 1. The number of fused-ring (bicyclic) bond motifs is 1. The molecule has 0 fully saturated rings. The van der Waals surface area contributed by atoms with E-state index in [0.717, 1.165) is 32.8 Å². The van der Waals surface area contributed by atoms with E-state index in [1.807, 2.05) is 43.3 Å². The first-order valence-electron chi connectivity index (χ1n) is 7.36. The van der Waals surface area contributed by atoms with E-state index in [4.69, 9.17) is 16.6 Å². The van der Waals surface area contributed by atoms with Crippen molar-refractivity contribution in [2.75, 3.05) is 12.4 Å². The number of aliphatic imine (C=N–C) groups is 2. The van der Waals surface area contributed by atoms with Crippen molar-refractivity contribution < 1.29 is 0 Å². The Hall–Kier alpha value is -2.05. The van der Waals surface area contributed by atoms with Crippen LogP contribution in [0.2, 0.25) is 0 Å². The SMILES string of the molecule is CC(CCl)=NNC1=Nc2ccc(Br)cc2C(c2ccccn2)=NC1. The number of hydrogen-bond acceptors (Lipinski definition) is 5. The normalized spacial score (nSPS) is 14.4. The molecule has 0 unspecified atom stereocenters. The zero-order valence-corrected chi connectivity index (χ0v) is 15.3. The summed E-state index contributed by atoms with van der Waals surface area (Å²) >= 11 is 9.27. The molecule has 0 bridgehead atoms. The molecule has 0 radical (unpaired) electrons. The highest BCUT2D eigenvalue weighted by Gasteiger charge is 2.17. The number of halogens is 2. The van der Waals surface area contributed by atoms with E-state index in [9.17, 15) is 0 Å². The maximum absolute atomic E-state index is 5.75. The summed E-state index contributed by atoms with van der Waals surface area (Å²) in [5, 5.41) is 4.21. The lowest BCUT2D eigenvalue weighted by Crippen LogP contribution is -2.22. The van der Waals surface area contributed by atoms with Gasteiger partial charge in [0.2, 0.25) is 0 Å². The van der Waals surface area contributed by atoms with Crippen molar-refractivity contribution in [3.63, 3.8) is 0 Å². The third kappa shape index (κ3) is 3.88. The van der Waals surface area contributed by atoms with E-state index in [-0.39, 0.29) is 0 Å². The van der Waals surface area contributed by atoms with Crippen LogP contribution >= 0.6 is 27.5 Å². The second kappa shape index (κ2) is 7.68. The number of aromatic nitrogens is 1. The van der Waals surface area contributed by atoms with Crippen molar-refractivity contribution in [1.29, 1.82) is 0 Å². The van der Waals surface area contributed by atoms with Gasteiger partial charge in [0.1, 0.15) is 5.84 Å². The van der Waals surface area contributed by atoms with Crippen molar-refractivity contribution in [1.82, 2.24) is 10.4 Å². The van der Waals surface area contributed by atoms with Crippen molar-refractivity contribution in [2.45, 2.75) is 6.92 Å². The van der Waals surface area contributed by atoms with E-state index >= 15 is 0 Å². The predicted octanol–water partition coefficient (Wildman–Crippen LogP) is 3.93. The fourth-order valence-electron chi connectivity index (χ4n) is 2.19. The lowest BCUT2D eigenvalue weighted by Gasteiger charge is -2.07. The monoisotopic (exact) mass is 403 g/mol. The van der Waals surface area contributed by atoms with Crippen LogP contribution < -0.4 is 5.43 Å². The maximum Gasteiger partial charge on any atom is 0.144 e. The number of nitrogens with one attached hydrogen (secondary N) is 1. The molecule has 0 spiro atoms. The lowest BCUT2D eigenvalue weighted by molar-refractivity contribution is 0.987. The molecule has 1 aliphatic rings. The third-order valence-corrected chi connectivity index (χ3v) is 4.21. The van der Waals surface area contributed by atoms with Crippen molar-refractivity contribution in [3.8, 4) is 0 Å². The van der Waals surface area contributed by atoms with Gasteiger partial charge in [-0.05, 0) is 37.3 Å². The minimum absolute atomic E-state index is 0.367. The Kier molecular flexibility index (Phi) is 5.37. The summed E-state index contributed by atoms with van der Waals surface area (Å²) in [6.45, 7) is 2.24. The largest absolute Gasteiger partial charge is 0.274 e. The fraction of sp³-hybridized carbons (Fsp3) is 0.176. The summed E-state index contributed by atoms with van der Waals surface area (Å²) in [5.74, 6) is 1.03. The van der Waals surface area contributed by atoms with Gasteiger partial charge in [0.05, 0.1) is 29.5 Å². The van der Waals surface area contributed by atoms with Gasteiger partial charge in [-0.2, -0.15) is 5.10 Å². The van der Waals surface area contributed by atoms with Crippen molar-refractivity contribution in [3.05, 3.63) is 58.3 Å². The quantitative estimate of drug-likeness (QED) is 0.478. The number of alkyl halides is 1. The number of hydrogen-bond donors (Lipinski definition) is 1. The Morgan fingerprint density at radius 3 is 2.96 bits per heavy atom. The summed E-state index contributed by atoms with van der Waals surface area (Å²) in [7, 11) is 0.